The van der Waals surface area contributed by atoms with Crippen molar-refractivity contribution in [2.24, 2.45) is 5.41 Å². The number of hydrogen-bond acceptors (Lipinski definition) is 21. The molecule has 2 aliphatic heterocycles. The molecular formula is C49H79N3O21. The fourth-order valence-corrected chi connectivity index (χ4v) is 7.91. The van der Waals surface area contributed by atoms with Crippen LogP contribution in [-0.2, 0) is 100 Å². The Balaban J connectivity index is 2.20. The zero-order valence-corrected chi connectivity index (χ0v) is 44.1. The van der Waals surface area contributed by atoms with Crippen LogP contribution in [0.1, 0.15) is 146 Å². The summed E-state index contributed by atoms with van der Waals surface area (Å²) >= 11 is 0. The molecule has 0 radical (unpaired) electrons. The van der Waals surface area contributed by atoms with Gasteiger partial charge in [-0.1, -0.05) is 71.1 Å². The summed E-state index contributed by atoms with van der Waals surface area (Å²) in [6.07, 6.45) is -3.30. The largest absolute Gasteiger partial charge is 0.463 e. The molecule has 0 spiro atoms. The molecule has 416 valence electrons. The van der Waals surface area contributed by atoms with Crippen molar-refractivity contribution < 1.29 is 100 Å². The van der Waals surface area contributed by atoms with Gasteiger partial charge in [0, 0.05) is 74.5 Å². The molecule has 24 nitrogen and oxygen atoms in total. The van der Waals surface area contributed by atoms with Crippen molar-refractivity contribution in [1.82, 2.24) is 16.0 Å². The SMILES string of the molecule is CCCCCCCCCCCCCC(=O)NCCNC(=O)C(C)(C)C(=O)NCCO[C@@H]1O[C@H](COC(C)=O)[C@@H](O[C@@H]2O[C@H](COC(C)=O)[C@H](OC(C)=O)[C@H](OC(C)=O)[C@H]2OC(C)=O)[C@H](OC(C)=O)[C@H]1OC(C)=O. The van der Waals surface area contributed by atoms with Crippen molar-refractivity contribution in [3.05, 3.63) is 0 Å². The van der Waals surface area contributed by atoms with Gasteiger partial charge in [0.1, 0.15) is 36.9 Å². The number of carbonyl (C=O) groups is 10. The minimum absolute atomic E-state index is 0.0790. The fourth-order valence-electron chi connectivity index (χ4n) is 7.91. The van der Waals surface area contributed by atoms with Crippen molar-refractivity contribution in [1.29, 1.82) is 0 Å². The molecule has 0 aliphatic carbocycles. The highest BCUT2D eigenvalue weighted by atomic mass is 16.8. The summed E-state index contributed by atoms with van der Waals surface area (Å²) in [6, 6.07) is 0. The zero-order valence-electron chi connectivity index (χ0n) is 44.1. The van der Waals surface area contributed by atoms with Crippen LogP contribution in [0.15, 0.2) is 0 Å². The third kappa shape index (κ3) is 24.0. The molecule has 0 saturated carbocycles. The number of rotatable bonds is 32. The van der Waals surface area contributed by atoms with Gasteiger partial charge in [0.15, 0.2) is 43.1 Å². The van der Waals surface area contributed by atoms with Crippen molar-refractivity contribution in [3.8, 4) is 0 Å². The van der Waals surface area contributed by atoms with Gasteiger partial charge in [0.05, 0.1) is 6.61 Å². The van der Waals surface area contributed by atoms with Gasteiger partial charge in [-0.15, -0.1) is 0 Å². The molecule has 3 N–H and O–H groups in total. The van der Waals surface area contributed by atoms with Gasteiger partial charge < -0.3 is 68.1 Å². The first-order valence-corrected chi connectivity index (χ1v) is 25.0. The predicted octanol–water partition coefficient (Wildman–Crippen LogP) is 2.70. The molecular weight excluding hydrogens is 967 g/mol. The molecule has 0 aromatic carbocycles. The summed E-state index contributed by atoms with van der Waals surface area (Å²) in [5.74, 6) is -7.66. The van der Waals surface area contributed by atoms with E-state index in [-0.39, 0.29) is 32.1 Å². The van der Waals surface area contributed by atoms with Crippen LogP contribution in [0.5, 0.6) is 0 Å². The molecule has 3 amide bonds. The molecule has 2 rings (SSSR count). The summed E-state index contributed by atoms with van der Waals surface area (Å²) in [4.78, 5) is 125. The van der Waals surface area contributed by atoms with Crippen LogP contribution in [-0.4, -0.2) is 160 Å². The second-order valence-corrected chi connectivity index (χ2v) is 18.3. The first-order chi connectivity index (χ1) is 34.5. The maximum Gasteiger partial charge on any atom is 0.303 e. The van der Waals surface area contributed by atoms with E-state index in [0.29, 0.717) is 6.42 Å². The van der Waals surface area contributed by atoms with E-state index in [4.69, 9.17) is 52.1 Å². The molecule has 2 saturated heterocycles. The van der Waals surface area contributed by atoms with Crippen molar-refractivity contribution >= 4 is 59.5 Å². The molecule has 0 aromatic heterocycles. The third-order valence-electron chi connectivity index (χ3n) is 11.4. The Morgan fingerprint density at radius 2 is 0.822 bits per heavy atom. The van der Waals surface area contributed by atoms with Crippen molar-refractivity contribution in [2.75, 3.05) is 39.5 Å². The maximum absolute atomic E-state index is 13.3. The van der Waals surface area contributed by atoms with Crippen LogP contribution in [0.2, 0.25) is 0 Å². The predicted molar refractivity (Wildman–Crippen MR) is 253 cm³/mol. The Morgan fingerprint density at radius 3 is 1.30 bits per heavy atom. The van der Waals surface area contributed by atoms with Gasteiger partial charge in [-0.25, -0.2) is 0 Å². The van der Waals surface area contributed by atoms with Gasteiger partial charge in [0.25, 0.3) is 0 Å². The van der Waals surface area contributed by atoms with E-state index in [1.807, 2.05) is 0 Å². The lowest BCUT2D eigenvalue weighted by molar-refractivity contribution is -0.361. The highest BCUT2D eigenvalue weighted by Gasteiger charge is 2.57. The number of ether oxygens (including phenoxy) is 11. The van der Waals surface area contributed by atoms with Gasteiger partial charge in [0.2, 0.25) is 17.7 Å². The monoisotopic (exact) mass is 1050 g/mol. The molecule has 0 aromatic rings. The quantitative estimate of drug-likeness (QED) is 0.0377. The highest BCUT2D eigenvalue weighted by Crippen LogP contribution is 2.35. The molecule has 0 unspecified atom stereocenters. The average molecular weight is 1050 g/mol. The van der Waals surface area contributed by atoms with Gasteiger partial charge in [-0.3, -0.25) is 47.9 Å². The van der Waals surface area contributed by atoms with E-state index in [1.165, 1.54) is 58.8 Å². The first-order valence-electron chi connectivity index (χ1n) is 25.0. The van der Waals surface area contributed by atoms with Crippen LogP contribution in [0.4, 0.5) is 0 Å². The van der Waals surface area contributed by atoms with E-state index in [2.05, 4.69) is 22.9 Å². The topological polar surface area (TPSA) is 308 Å². The number of carbonyl (C=O) groups excluding carboxylic acids is 10. The Morgan fingerprint density at radius 1 is 0.438 bits per heavy atom. The minimum Gasteiger partial charge on any atom is -0.463 e. The van der Waals surface area contributed by atoms with Crippen molar-refractivity contribution in [3.63, 3.8) is 0 Å². The van der Waals surface area contributed by atoms with E-state index in [1.54, 1.807) is 0 Å². The van der Waals surface area contributed by atoms with E-state index < -0.39 is 134 Å². The maximum atomic E-state index is 13.3. The Kier molecular flexibility index (Phi) is 29.1. The summed E-state index contributed by atoms with van der Waals surface area (Å²) in [7, 11) is 0. The average Bonchev–Trinajstić information content (AvgIpc) is 3.29. The Bertz CT molecular complexity index is 1830. The lowest BCUT2D eigenvalue weighted by Crippen LogP contribution is -2.67. The number of nitrogens with one attached hydrogen (secondary N) is 3. The van der Waals surface area contributed by atoms with Crippen LogP contribution in [0.3, 0.4) is 0 Å². The molecule has 10 atom stereocenters. The molecule has 2 fully saturated rings. The van der Waals surface area contributed by atoms with Crippen LogP contribution in [0.25, 0.3) is 0 Å². The standard InChI is InChI=1S/C49H79N3O21/c1-11-12-13-14-15-16-17-18-19-20-21-22-38(60)50-23-24-51-47(61)49(9,10)48(62)52-25-26-63-45-43(69-34(7)58)42(68-33(6)57)40(37(71-45)28-65-30(3)54)73-46-44(70-35(8)59)41(67-32(5)56)39(66-31(4)55)36(72-46)27-64-29(2)53/h36-37,39-46H,11-28H2,1-10H3,(H,50,60)(H,51,61)(H,52,62)/t36-,37-,39+,40-,41+,42+,43-,44-,45-,46+/m1/s1. The lowest BCUT2D eigenvalue weighted by atomic mass is 9.91. The number of hydrogen-bond donors (Lipinski definition) is 3. The highest BCUT2D eigenvalue weighted by molar-refractivity contribution is 6.04. The second kappa shape index (κ2) is 33.4. The van der Waals surface area contributed by atoms with E-state index >= 15 is 0 Å². The summed E-state index contributed by atoms with van der Waals surface area (Å²) in [5.41, 5.74) is -1.59. The second-order valence-electron chi connectivity index (χ2n) is 18.3. The first kappa shape index (κ1) is 63.7. The van der Waals surface area contributed by atoms with E-state index in [9.17, 15) is 47.9 Å². The lowest BCUT2D eigenvalue weighted by Gasteiger charge is -2.48. The van der Waals surface area contributed by atoms with Crippen molar-refractivity contribution in [2.45, 2.75) is 208 Å². The fraction of sp³-hybridized carbons (Fsp3) is 0.796. The van der Waals surface area contributed by atoms with Crippen LogP contribution >= 0.6 is 0 Å². The molecule has 2 aliphatic rings. The molecule has 24 heteroatoms. The van der Waals surface area contributed by atoms with Crippen LogP contribution in [0, 0.1) is 5.41 Å². The Labute approximate surface area is 427 Å². The van der Waals surface area contributed by atoms with Gasteiger partial charge in [-0.05, 0) is 20.3 Å². The third-order valence-corrected chi connectivity index (χ3v) is 11.4. The summed E-state index contributed by atoms with van der Waals surface area (Å²) in [6.45, 7) is 10.7. The van der Waals surface area contributed by atoms with Crippen LogP contribution < -0.4 is 16.0 Å². The Hall–Kier alpha value is -5.46. The molecule has 2 heterocycles. The zero-order chi connectivity index (χ0) is 54.7. The number of unbranched alkanes of at least 4 members (excludes halogenated alkanes) is 10. The summed E-state index contributed by atoms with van der Waals surface area (Å²) < 4.78 is 62.6. The van der Waals surface area contributed by atoms with Gasteiger partial charge >= 0.3 is 41.8 Å². The number of esters is 7. The van der Waals surface area contributed by atoms with E-state index in [0.717, 1.165) is 74.1 Å². The smallest absolute Gasteiger partial charge is 0.303 e. The molecule has 0 bridgehead atoms. The molecule has 73 heavy (non-hydrogen) atoms. The normalized spacial score (nSPS) is 23.6. The summed E-state index contributed by atoms with van der Waals surface area (Å²) in [5, 5.41) is 8.05. The number of amides is 3. The minimum atomic E-state index is -1.87. The van der Waals surface area contributed by atoms with Gasteiger partial charge in [-0.2, -0.15) is 0 Å².